The van der Waals surface area contributed by atoms with E-state index in [4.69, 9.17) is 5.73 Å². The molecule has 2 rings (SSSR count). The summed E-state index contributed by atoms with van der Waals surface area (Å²) in [6, 6.07) is 0.425. The zero-order valence-electron chi connectivity index (χ0n) is 9.99. The fourth-order valence-electron chi connectivity index (χ4n) is 2.44. The van der Waals surface area contributed by atoms with Crippen LogP contribution in [0.25, 0.3) is 0 Å². The molecule has 1 atom stereocenters. The Balaban J connectivity index is 1.56. The van der Waals surface area contributed by atoms with Crippen molar-refractivity contribution in [1.82, 2.24) is 9.80 Å². The van der Waals surface area contributed by atoms with Crippen molar-refractivity contribution in [2.24, 2.45) is 11.7 Å². The van der Waals surface area contributed by atoms with Gasteiger partial charge < -0.3 is 15.5 Å². The number of likely N-dealkylation sites (tertiary alicyclic amines) is 1. The van der Waals surface area contributed by atoms with Gasteiger partial charge in [0.2, 0.25) is 0 Å². The lowest BCUT2D eigenvalue weighted by Gasteiger charge is -2.23. The molecule has 3 heteroatoms. The maximum absolute atomic E-state index is 6.11. The standard InChI is InChI=1S/C12H25N3/c1-14(10-12(13)11-4-5-11)8-9-15-6-2-3-7-15/h11-12H,2-10,13H2,1H3. The van der Waals surface area contributed by atoms with Gasteiger partial charge in [0.25, 0.3) is 0 Å². The summed E-state index contributed by atoms with van der Waals surface area (Å²) in [5, 5.41) is 0. The molecule has 0 spiro atoms. The van der Waals surface area contributed by atoms with Crippen molar-refractivity contribution in [3.8, 4) is 0 Å². The van der Waals surface area contributed by atoms with Crippen LogP contribution < -0.4 is 5.73 Å². The largest absolute Gasteiger partial charge is 0.326 e. The van der Waals surface area contributed by atoms with Crippen molar-refractivity contribution in [3.05, 3.63) is 0 Å². The average Bonchev–Trinajstić information content (AvgIpc) is 2.93. The molecule has 1 aliphatic heterocycles. The molecule has 1 saturated heterocycles. The third-order valence-electron chi connectivity index (χ3n) is 3.75. The van der Waals surface area contributed by atoms with Gasteiger partial charge in [0.1, 0.15) is 0 Å². The van der Waals surface area contributed by atoms with Gasteiger partial charge in [0, 0.05) is 25.7 Å². The maximum atomic E-state index is 6.11. The molecule has 1 unspecified atom stereocenters. The molecule has 0 aromatic carbocycles. The lowest BCUT2D eigenvalue weighted by Crippen LogP contribution is -2.40. The van der Waals surface area contributed by atoms with Crippen LogP contribution in [-0.4, -0.2) is 55.6 Å². The van der Waals surface area contributed by atoms with Crippen molar-refractivity contribution in [3.63, 3.8) is 0 Å². The van der Waals surface area contributed by atoms with Gasteiger partial charge >= 0.3 is 0 Å². The smallest absolute Gasteiger partial charge is 0.0196 e. The number of likely N-dealkylation sites (N-methyl/N-ethyl adjacent to an activating group) is 1. The molecule has 3 nitrogen and oxygen atoms in total. The summed E-state index contributed by atoms with van der Waals surface area (Å²) in [5.41, 5.74) is 6.11. The van der Waals surface area contributed by atoms with Crippen molar-refractivity contribution in [2.75, 3.05) is 39.8 Å². The molecule has 0 aromatic heterocycles. The van der Waals surface area contributed by atoms with Gasteiger partial charge in [-0.1, -0.05) is 0 Å². The van der Waals surface area contributed by atoms with Gasteiger partial charge in [-0.15, -0.1) is 0 Å². The molecule has 1 aliphatic carbocycles. The van der Waals surface area contributed by atoms with E-state index in [1.54, 1.807) is 0 Å². The predicted molar refractivity (Wildman–Crippen MR) is 63.9 cm³/mol. The van der Waals surface area contributed by atoms with E-state index in [-0.39, 0.29) is 0 Å². The number of rotatable bonds is 6. The van der Waals surface area contributed by atoms with E-state index < -0.39 is 0 Å². The molecule has 2 N–H and O–H groups in total. The molecular formula is C12H25N3. The second-order valence-corrected chi connectivity index (χ2v) is 5.31. The molecule has 0 bridgehead atoms. The Bertz CT molecular complexity index is 185. The second-order valence-electron chi connectivity index (χ2n) is 5.31. The van der Waals surface area contributed by atoms with Crippen molar-refractivity contribution >= 4 is 0 Å². The Labute approximate surface area is 93.6 Å². The van der Waals surface area contributed by atoms with Crippen molar-refractivity contribution in [1.29, 1.82) is 0 Å². The van der Waals surface area contributed by atoms with Gasteiger partial charge in [-0.25, -0.2) is 0 Å². The van der Waals surface area contributed by atoms with Crippen LogP contribution in [0, 0.1) is 5.92 Å². The van der Waals surface area contributed by atoms with E-state index in [9.17, 15) is 0 Å². The Morgan fingerprint density at radius 3 is 2.60 bits per heavy atom. The lowest BCUT2D eigenvalue weighted by molar-refractivity contribution is 0.243. The van der Waals surface area contributed by atoms with Crippen molar-refractivity contribution in [2.45, 2.75) is 31.7 Å². The molecule has 0 aromatic rings. The zero-order valence-corrected chi connectivity index (χ0v) is 9.99. The highest BCUT2D eigenvalue weighted by Crippen LogP contribution is 2.31. The van der Waals surface area contributed by atoms with Crippen LogP contribution in [0.2, 0.25) is 0 Å². The second kappa shape index (κ2) is 5.28. The van der Waals surface area contributed by atoms with Crippen LogP contribution >= 0.6 is 0 Å². The summed E-state index contributed by atoms with van der Waals surface area (Å²) in [7, 11) is 2.21. The van der Waals surface area contributed by atoms with E-state index in [0.717, 1.165) is 12.5 Å². The van der Waals surface area contributed by atoms with Gasteiger partial charge in [-0.2, -0.15) is 0 Å². The number of nitrogens with two attached hydrogens (primary N) is 1. The molecular weight excluding hydrogens is 186 g/mol. The van der Waals surface area contributed by atoms with Gasteiger partial charge in [-0.3, -0.25) is 0 Å². The fourth-order valence-corrected chi connectivity index (χ4v) is 2.44. The summed E-state index contributed by atoms with van der Waals surface area (Å²) in [6.45, 7) is 6.11. The molecule has 2 aliphatic rings. The minimum Gasteiger partial charge on any atom is -0.326 e. The fraction of sp³-hybridized carbons (Fsp3) is 1.00. The molecule has 15 heavy (non-hydrogen) atoms. The Hall–Kier alpha value is -0.120. The summed E-state index contributed by atoms with van der Waals surface area (Å²) in [4.78, 5) is 4.97. The summed E-state index contributed by atoms with van der Waals surface area (Å²) in [5.74, 6) is 0.833. The van der Waals surface area contributed by atoms with Gasteiger partial charge in [0.15, 0.2) is 0 Å². The van der Waals surface area contributed by atoms with Crippen LogP contribution in [0.4, 0.5) is 0 Å². The monoisotopic (exact) mass is 211 g/mol. The third-order valence-corrected chi connectivity index (χ3v) is 3.75. The molecule has 1 saturated carbocycles. The molecule has 1 heterocycles. The predicted octanol–water partition coefficient (Wildman–Crippen LogP) is 0.751. The Kier molecular flexibility index (Phi) is 4.00. The van der Waals surface area contributed by atoms with E-state index in [2.05, 4.69) is 16.8 Å². The first kappa shape index (κ1) is 11.4. The molecule has 0 radical (unpaired) electrons. The SMILES string of the molecule is CN(CCN1CCCC1)CC(N)C1CC1. The number of hydrogen-bond acceptors (Lipinski definition) is 3. The number of hydrogen-bond donors (Lipinski definition) is 1. The highest BCUT2D eigenvalue weighted by molar-refractivity contribution is 4.85. The third kappa shape index (κ3) is 3.74. The normalized spacial score (nSPS) is 25.0. The summed E-state index contributed by atoms with van der Waals surface area (Å²) < 4.78 is 0. The highest BCUT2D eigenvalue weighted by Gasteiger charge is 2.28. The molecule has 0 amide bonds. The van der Waals surface area contributed by atoms with Crippen LogP contribution in [0.5, 0.6) is 0 Å². The Morgan fingerprint density at radius 2 is 2.00 bits per heavy atom. The first-order valence-electron chi connectivity index (χ1n) is 6.42. The van der Waals surface area contributed by atoms with E-state index >= 15 is 0 Å². The van der Waals surface area contributed by atoms with Crippen LogP contribution in [0.1, 0.15) is 25.7 Å². The first-order valence-corrected chi connectivity index (χ1v) is 6.42. The lowest BCUT2D eigenvalue weighted by atomic mass is 10.2. The van der Waals surface area contributed by atoms with Gasteiger partial charge in [-0.05, 0) is 51.7 Å². The minimum absolute atomic E-state index is 0.425. The number of nitrogens with zero attached hydrogens (tertiary/aromatic N) is 2. The zero-order chi connectivity index (χ0) is 10.7. The summed E-state index contributed by atoms with van der Waals surface area (Å²) in [6.07, 6.45) is 5.51. The van der Waals surface area contributed by atoms with E-state index in [1.807, 2.05) is 0 Å². The highest BCUT2D eigenvalue weighted by atomic mass is 15.2. The van der Waals surface area contributed by atoms with Gasteiger partial charge in [0.05, 0.1) is 0 Å². The maximum Gasteiger partial charge on any atom is 0.0196 e. The quantitative estimate of drug-likeness (QED) is 0.704. The van der Waals surface area contributed by atoms with E-state index in [0.29, 0.717) is 6.04 Å². The first-order chi connectivity index (χ1) is 7.25. The summed E-state index contributed by atoms with van der Waals surface area (Å²) >= 11 is 0. The van der Waals surface area contributed by atoms with Crippen LogP contribution in [0.3, 0.4) is 0 Å². The molecule has 2 fully saturated rings. The Morgan fingerprint density at radius 1 is 1.33 bits per heavy atom. The topological polar surface area (TPSA) is 32.5 Å². The minimum atomic E-state index is 0.425. The van der Waals surface area contributed by atoms with E-state index in [1.165, 1.54) is 51.9 Å². The van der Waals surface area contributed by atoms with Crippen molar-refractivity contribution < 1.29 is 0 Å². The van der Waals surface area contributed by atoms with Crippen LogP contribution in [-0.2, 0) is 0 Å². The molecule has 88 valence electrons. The average molecular weight is 211 g/mol. The van der Waals surface area contributed by atoms with Crippen LogP contribution in [0.15, 0.2) is 0 Å².